The molecule has 0 amide bonds. The van der Waals surface area contributed by atoms with Crippen LogP contribution in [0.1, 0.15) is 43.0 Å². The second-order valence-corrected chi connectivity index (χ2v) is 11.5. The quantitative estimate of drug-likeness (QED) is 0.245. The molecule has 6 rings (SSSR count). The maximum atomic E-state index is 14.1. The number of hydrogen-bond donors (Lipinski definition) is 1. The number of ether oxygens (including phenoxy) is 2. The third-order valence-corrected chi connectivity index (χ3v) is 8.87. The Morgan fingerprint density at radius 3 is 2.51 bits per heavy atom. The van der Waals surface area contributed by atoms with E-state index in [2.05, 4.69) is 56.0 Å². The highest BCUT2D eigenvalue weighted by Crippen LogP contribution is 2.32. The van der Waals surface area contributed by atoms with E-state index in [-0.39, 0.29) is 5.82 Å². The van der Waals surface area contributed by atoms with Crippen molar-refractivity contribution in [3.63, 3.8) is 0 Å². The van der Waals surface area contributed by atoms with E-state index < -0.39 is 0 Å². The van der Waals surface area contributed by atoms with Crippen molar-refractivity contribution in [3.8, 4) is 11.3 Å². The smallest absolute Gasteiger partial charge is 0.126 e. The van der Waals surface area contributed by atoms with Crippen molar-refractivity contribution in [2.45, 2.75) is 44.2 Å². The molecule has 0 unspecified atom stereocenters. The van der Waals surface area contributed by atoms with Crippen LogP contribution in [0.5, 0.6) is 0 Å². The topological polar surface area (TPSA) is 58.6 Å². The van der Waals surface area contributed by atoms with Gasteiger partial charge in [-0.1, -0.05) is 24.3 Å². The molecule has 2 aromatic heterocycles. The number of nitrogens with zero attached hydrogens (tertiary/aromatic N) is 4. The van der Waals surface area contributed by atoms with E-state index in [0.717, 1.165) is 67.2 Å². The largest absolute Gasteiger partial charge is 0.382 e. The zero-order valence-electron chi connectivity index (χ0n) is 24.1. The average molecular weight is 560 g/mol. The van der Waals surface area contributed by atoms with Crippen LogP contribution in [0.2, 0.25) is 0 Å². The summed E-state index contributed by atoms with van der Waals surface area (Å²) in [5.41, 5.74) is 4.90. The summed E-state index contributed by atoms with van der Waals surface area (Å²) >= 11 is 0. The molecule has 7 nitrogen and oxygen atoms in total. The lowest BCUT2D eigenvalue weighted by Crippen LogP contribution is -2.51. The highest BCUT2D eigenvalue weighted by atomic mass is 19.1. The number of halogens is 1. The molecule has 2 aromatic carbocycles. The van der Waals surface area contributed by atoms with Gasteiger partial charge in [-0.05, 0) is 61.6 Å². The molecular formula is C33H42FN5O2. The summed E-state index contributed by atoms with van der Waals surface area (Å²) in [6.07, 6.45) is 7.53. The van der Waals surface area contributed by atoms with Gasteiger partial charge in [-0.25, -0.2) is 4.39 Å². The van der Waals surface area contributed by atoms with Crippen molar-refractivity contribution in [2.75, 3.05) is 59.7 Å². The lowest BCUT2D eigenvalue weighted by atomic mass is 9.90. The molecule has 41 heavy (non-hydrogen) atoms. The second-order valence-electron chi connectivity index (χ2n) is 11.5. The lowest BCUT2D eigenvalue weighted by molar-refractivity contribution is 0.0337. The number of aromatic amines is 1. The van der Waals surface area contributed by atoms with Gasteiger partial charge in [0.25, 0.3) is 0 Å². The van der Waals surface area contributed by atoms with Crippen LogP contribution in [0.3, 0.4) is 0 Å². The molecule has 1 N–H and O–H groups in total. The number of benzene rings is 2. The van der Waals surface area contributed by atoms with Crippen LogP contribution in [0.25, 0.3) is 22.2 Å². The fourth-order valence-electron chi connectivity index (χ4n) is 6.47. The minimum absolute atomic E-state index is 0.162. The summed E-state index contributed by atoms with van der Waals surface area (Å²) < 4.78 is 27.0. The number of rotatable bonds is 11. The van der Waals surface area contributed by atoms with Gasteiger partial charge in [-0.15, -0.1) is 0 Å². The number of nitrogens with one attached hydrogen (secondary N) is 1. The van der Waals surface area contributed by atoms with E-state index >= 15 is 0 Å². The van der Waals surface area contributed by atoms with E-state index in [0.29, 0.717) is 37.3 Å². The van der Waals surface area contributed by atoms with Crippen LogP contribution < -0.4 is 0 Å². The van der Waals surface area contributed by atoms with Crippen LogP contribution in [-0.2, 0) is 15.9 Å². The Morgan fingerprint density at radius 1 is 0.902 bits per heavy atom. The van der Waals surface area contributed by atoms with Crippen molar-refractivity contribution in [3.05, 3.63) is 77.9 Å². The number of aromatic nitrogens is 3. The lowest BCUT2D eigenvalue weighted by Gasteiger charge is -2.42. The molecular weight excluding hydrogens is 517 g/mol. The fourth-order valence-corrected chi connectivity index (χ4v) is 6.47. The Balaban J connectivity index is 1.000. The molecule has 1 saturated heterocycles. The first-order chi connectivity index (χ1) is 20.2. The van der Waals surface area contributed by atoms with Gasteiger partial charge in [0.05, 0.1) is 31.6 Å². The molecule has 1 aliphatic carbocycles. The predicted octanol–water partition coefficient (Wildman–Crippen LogP) is 5.53. The van der Waals surface area contributed by atoms with Crippen LogP contribution in [-0.4, -0.2) is 90.3 Å². The van der Waals surface area contributed by atoms with E-state index in [1.807, 2.05) is 12.1 Å². The van der Waals surface area contributed by atoms with E-state index in [4.69, 9.17) is 14.6 Å². The van der Waals surface area contributed by atoms with Gasteiger partial charge in [-0.2, -0.15) is 5.10 Å². The van der Waals surface area contributed by atoms with Crippen molar-refractivity contribution in [2.24, 2.45) is 0 Å². The van der Waals surface area contributed by atoms with Crippen molar-refractivity contribution < 1.29 is 13.9 Å². The first kappa shape index (κ1) is 28.1. The average Bonchev–Trinajstić information content (AvgIpc) is 3.66. The fraction of sp³-hybridized carbons (Fsp3) is 0.485. The van der Waals surface area contributed by atoms with Gasteiger partial charge in [0.2, 0.25) is 0 Å². The SMILES string of the molecule is COCCOCCN1CCN(C2CCC(n3ccc(-c4ccc5[nH]c(Cc6ccccc6F)cc5c4)n3)CC2)CC1. The molecule has 1 saturated carbocycles. The predicted molar refractivity (Wildman–Crippen MR) is 161 cm³/mol. The monoisotopic (exact) mass is 559 g/mol. The third-order valence-electron chi connectivity index (χ3n) is 8.87. The van der Waals surface area contributed by atoms with Crippen LogP contribution in [0.15, 0.2) is 60.8 Å². The van der Waals surface area contributed by atoms with Gasteiger partial charge in [0.1, 0.15) is 5.82 Å². The minimum atomic E-state index is -0.162. The van der Waals surface area contributed by atoms with Crippen molar-refractivity contribution >= 4 is 10.9 Å². The molecule has 3 heterocycles. The van der Waals surface area contributed by atoms with E-state index in [9.17, 15) is 4.39 Å². The van der Waals surface area contributed by atoms with Gasteiger partial charge >= 0.3 is 0 Å². The Labute approximate surface area is 242 Å². The van der Waals surface area contributed by atoms with E-state index in [1.165, 1.54) is 31.7 Å². The van der Waals surface area contributed by atoms with Gasteiger partial charge < -0.3 is 14.5 Å². The Bertz CT molecular complexity index is 1400. The van der Waals surface area contributed by atoms with Crippen molar-refractivity contribution in [1.82, 2.24) is 24.6 Å². The number of piperazine rings is 1. The minimum Gasteiger partial charge on any atom is -0.382 e. The third kappa shape index (κ3) is 6.89. The molecule has 2 fully saturated rings. The zero-order chi connectivity index (χ0) is 28.0. The van der Waals surface area contributed by atoms with Gasteiger partial charge in [0.15, 0.2) is 0 Å². The molecule has 218 valence electrons. The molecule has 4 aromatic rings. The highest BCUT2D eigenvalue weighted by Gasteiger charge is 2.29. The second kappa shape index (κ2) is 13.3. The molecule has 0 spiro atoms. The molecule has 0 radical (unpaired) electrons. The Hall–Kier alpha value is -3.04. The summed E-state index contributed by atoms with van der Waals surface area (Å²) in [4.78, 5) is 8.68. The number of H-pyrrole nitrogens is 1. The molecule has 0 atom stereocenters. The van der Waals surface area contributed by atoms with Gasteiger partial charge in [-0.3, -0.25) is 14.5 Å². The first-order valence-electron chi connectivity index (χ1n) is 15.1. The first-order valence-corrected chi connectivity index (χ1v) is 15.1. The highest BCUT2D eigenvalue weighted by molar-refractivity contribution is 5.85. The van der Waals surface area contributed by atoms with Crippen LogP contribution >= 0.6 is 0 Å². The van der Waals surface area contributed by atoms with Crippen molar-refractivity contribution in [1.29, 1.82) is 0 Å². The van der Waals surface area contributed by atoms with Crippen LogP contribution in [0, 0.1) is 5.82 Å². The Morgan fingerprint density at radius 2 is 1.71 bits per heavy atom. The maximum Gasteiger partial charge on any atom is 0.126 e. The maximum absolute atomic E-state index is 14.1. The summed E-state index contributed by atoms with van der Waals surface area (Å²) in [6, 6.07) is 18.8. The summed E-state index contributed by atoms with van der Waals surface area (Å²) in [5.74, 6) is -0.162. The number of hydrogen-bond acceptors (Lipinski definition) is 5. The molecule has 1 aliphatic heterocycles. The molecule has 0 bridgehead atoms. The summed E-state index contributed by atoms with van der Waals surface area (Å²) in [5, 5.41) is 6.14. The van der Waals surface area contributed by atoms with Crippen LogP contribution in [0.4, 0.5) is 4.39 Å². The zero-order valence-corrected chi connectivity index (χ0v) is 24.1. The standard InChI is InChI=1S/C33H42FN5O2/c1-40-20-21-41-19-18-37-14-16-38(17-15-37)29-7-9-30(10-8-29)39-13-12-33(36-39)26-6-11-32-27(22-26)24-28(35-32)23-25-4-2-3-5-31(25)34/h2-6,11-13,22,24,29-30,35H,7-10,14-21,23H2,1H3. The van der Waals surface area contributed by atoms with Gasteiger partial charge in [0, 0.05) is 80.7 Å². The Kier molecular flexibility index (Phi) is 9.11. The normalized spacial score (nSPS) is 20.6. The molecule has 2 aliphatic rings. The number of methoxy groups -OCH3 is 1. The molecule has 8 heteroatoms. The van der Waals surface area contributed by atoms with E-state index in [1.54, 1.807) is 13.2 Å². The number of fused-ring (bicyclic) bond motifs is 1. The summed E-state index contributed by atoms with van der Waals surface area (Å²) in [6.45, 7) is 7.72. The summed E-state index contributed by atoms with van der Waals surface area (Å²) in [7, 11) is 1.71.